The predicted molar refractivity (Wildman–Crippen MR) is 97.5 cm³/mol. The van der Waals surface area contributed by atoms with Crippen LogP contribution in [0.5, 0.6) is 5.75 Å². The minimum Gasteiger partial charge on any atom is -0.497 e. The molecule has 6 heteroatoms. The number of carbonyl (C=O) groups is 1. The Morgan fingerprint density at radius 3 is 2.76 bits per heavy atom. The van der Waals surface area contributed by atoms with Crippen LogP contribution in [0.1, 0.15) is 12.0 Å². The summed E-state index contributed by atoms with van der Waals surface area (Å²) in [7, 11) is 1.62. The number of methoxy groups -OCH3 is 1. The predicted octanol–water partition coefficient (Wildman–Crippen LogP) is 4.53. The van der Waals surface area contributed by atoms with Gasteiger partial charge in [-0.1, -0.05) is 24.3 Å². The number of ether oxygens (including phenoxy) is 1. The Bertz CT molecular complexity index is 862. The van der Waals surface area contributed by atoms with Crippen molar-refractivity contribution in [2.24, 2.45) is 0 Å². The van der Waals surface area contributed by atoms with Gasteiger partial charge >= 0.3 is 0 Å². The number of thiazole rings is 1. The summed E-state index contributed by atoms with van der Waals surface area (Å²) in [5.41, 5.74) is 2.40. The molecule has 25 heavy (non-hydrogen) atoms. The topological polar surface area (TPSA) is 51.2 Å². The second-order valence-electron chi connectivity index (χ2n) is 5.44. The van der Waals surface area contributed by atoms with E-state index in [1.165, 1.54) is 23.5 Å². The van der Waals surface area contributed by atoms with Gasteiger partial charge in [-0.05, 0) is 36.2 Å². The van der Waals surface area contributed by atoms with Crippen molar-refractivity contribution in [3.8, 4) is 17.0 Å². The van der Waals surface area contributed by atoms with Gasteiger partial charge in [0.15, 0.2) is 5.13 Å². The smallest absolute Gasteiger partial charge is 0.226 e. The number of nitrogens with one attached hydrogen (secondary N) is 1. The maximum atomic E-state index is 13.3. The fourth-order valence-electron chi connectivity index (χ4n) is 2.34. The van der Waals surface area contributed by atoms with Crippen molar-refractivity contribution < 1.29 is 13.9 Å². The zero-order valence-electron chi connectivity index (χ0n) is 13.7. The Balaban J connectivity index is 1.56. The summed E-state index contributed by atoms with van der Waals surface area (Å²) in [6.07, 6.45) is 0.999. The summed E-state index contributed by atoms with van der Waals surface area (Å²) in [5, 5.41) is 5.10. The van der Waals surface area contributed by atoms with Crippen LogP contribution in [0.25, 0.3) is 11.3 Å². The van der Waals surface area contributed by atoms with E-state index in [-0.39, 0.29) is 11.7 Å². The molecule has 0 spiro atoms. The van der Waals surface area contributed by atoms with Gasteiger partial charge < -0.3 is 10.1 Å². The van der Waals surface area contributed by atoms with Gasteiger partial charge in [0.05, 0.1) is 12.8 Å². The van der Waals surface area contributed by atoms with Crippen molar-refractivity contribution in [3.63, 3.8) is 0 Å². The van der Waals surface area contributed by atoms with Crippen molar-refractivity contribution in [1.29, 1.82) is 0 Å². The summed E-state index contributed by atoms with van der Waals surface area (Å²) in [6.45, 7) is 0. The lowest BCUT2D eigenvalue weighted by Crippen LogP contribution is -2.12. The first-order chi connectivity index (χ1) is 12.1. The minimum absolute atomic E-state index is 0.101. The molecule has 0 atom stereocenters. The highest BCUT2D eigenvalue weighted by molar-refractivity contribution is 7.14. The van der Waals surface area contributed by atoms with Gasteiger partial charge in [-0.15, -0.1) is 11.3 Å². The lowest BCUT2D eigenvalue weighted by atomic mass is 10.1. The number of hydrogen-bond acceptors (Lipinski definition) is 4. The van der Waals surface area contributed by atoms with Gasteiger partial charge in [0.1, 0.15) is 11.6 Å². The van der Waals surface area contributed by atoms with Crippen LogP contribution in [-0.4, -0.2) is 18.0 Å². The van der Waals surface area contributed by atoms with Gasteiger partial charge in [-0.3, -0.25) is 4.79 Å². The number of aromatic nitrogens is 1. The molecule has 0 aliphatic rings. The molecule has 4 nitrogen and oxygen atoms in total. The van der Waals surface area contributed by atoms with Crippen molar-refractivity contribution in [3.05, 3.63) is 65.3 Å². The molecule has 3 aromatic rings. The van der Waals surface area contributed by atoms with Gasteiger partial charge in [0, 0.05) is 17.4 Å². The molecule has 3 rings (SSSR count). The molecule has 1 N–H and O–H groups in total. The maximum absolute atomic E-state index is 13.3. The summed E-state index contributed by atoms with van der Waals surface area (Å²) >= 11 is 1.32. The lowest BCUT2D eigenvalue weighted by Gasteiger charge is -2.04. The molecule has 0 unspecified atom stereocenters. The van der Waals surface area contributed by atoms with E-state index in [2.05, 4.69) is 10.3 Å². The first-order valence-corrected chi connectivity index (χ1v) is 8.66. The molecule has 1 aromatic heterocycles. The third-order valence-electron chi connectivity index (χ3n) is 3.67. The maximum Gasteiger partial charge on any atom is 0.226 e. The van der Waals surface area contributed by atoms with E-state index in [0.717, 1.165) is 11.3 Å². The molecule has 0 aliphatic carbocycles. The molecule has 1 heterocycles. The monoisotopic (exact) mass is 356 g/mol. The first-order valence-electron chi connectivity index (χ1n) is 7.78. The molecule has 0 saturated carbocycles. The number of amides is 1. The number of nitrogens with zero attached hydrogens (tertiary/aromatic N) is 1. The van der Waals surface area contributed by atoms with Crippen molar-refractivity contribution in [1.82, 2.24) is 4.98 Å². The van der Waals surface area contributed by atoms with E-state index in [9.17, 15) is 9.18 Å². The summed E-state index contributed by atoms with van der Waals surface area (Å²) < 4.78 is 18.4. The molecule has 0 aliphatic heterocycles. The molecule has 0 radical (unpaired) electrons. The van der Waals surface area contributed by atoms with Crippen LogP contribution < -0.4 is 10.1 Å². The molecule has 0 fully saturated rings. The van der Waals surface area contributed by atoms with Gasteiger partial charge in [0.2, 0.25) is 5.91 Å². The highest BCUT2D eigenvalue weighted by atomic mass is 32.1. The van der Waals surface area contributed by atoms with Crippen LogP contribution in [0.15, 0.2) is 53.9 Å². The van der Waals surface area contributed by atoms with Crippen LogP contribution in [0.3, 0.4) is 0 Å². The zero-order valence-corrected chi connectivity index (χ0v) is 14.5. The summed E-state index contributed by atoms with van der Waals surface area (Å²) in [4.78, 5) is 16.4. The van der Waals surface area contributed by atoms with Crippen LogP contribution in [-0.2, 0) is 11.2 Å². The lowest BCUT2D eigenvalue weighted by molar-refractivity contribution is -0.116. The normalized spacial score (nSPS) is 10.5. The average Bonchev–Trinajstić information content (AvgIpc) is 3.09. The molecular weight excluding hydrogens is 339 g/mol. The van der Waals surface area contributed by atoms with Crippen LogP contribution in [0.4, 0.5) is 9.52 Å². The van der Waals surface area contributed by atoms with Crippen molar-refractivity contribution >= 4 is 22.4 Å². The largest absolute Gasteiger partial charge is 0.497 e. The fraction of sp³-hybridized carbons (Fsp3) is 0.158. The zero-order chi connectivity index (χ0) is 17.6. The Morgan fingerprint density at radius 1 is 1.24 bits per heavy atom. The van der Waals surface area contributed by atoms with E-state index < -0.39 is 0 Å². The second kappa shape index (κ2) is 7.90. The first kappa shape index (κ1) is 17.1. The Morgan fingerprint density at radius 2 is 2.04 bits per heavy atom. The Labute approximate surface area is 149 Å². The van der Waals surface area contributed by atoms with Crippen molar-refractivity contribution in [2.45, 2.75) is 12.8 Å². The number of halogens is 1. The van der Waals surface area contributed by atoms with Gasteiger partial charge in [-0.2, -0.15) is 0 Å². The third-order valence-corrected chi connectivity index (χ3v) is 4.43. The quantitative estimate of drug-likeness (QED) is 0.706. The Kier molecular flexibility index (Phi) is 5.40. The summed E-state index contributed by atoms with van der Waals surface area (Å²) in [5.74, 6) is 0.382. The number of benzene rings is 2. The van der Waals surface area contributed by atoms with Crippen molar-refractivity contribution in [2.75, 3.05) is 12.4 Å². The minimum atomic E-state index is -0.310. The molecule has 2 aromatic carbocycles. The number of hydrogen-bond donors (Lipinski definition) is 1. The van der Waals surface area contributed by atoms with Gasteiger partial charge in [-0.25, -0.2) is 9.37 Å². The molecular formula is C19H17FN2O2S. The highest BCUT2D eigenvalue weighted by Gasteiger charge is 2.09. The standard InChI is InChI=1S/C19H17FN2O2S/c1-24-16-8-5-13(6-9-16)7-10-18(23)22-19-21-17(12-25-19)14-3-2-4-15(20)11-14/h2-6,8-9,11-12H,7,10H2,1H3,(H,21,22,23). The van der Waals surface area contributed by atoms with E-state index in [1.807, 2.05) is 24.3 Å². The number of carbonyl (C=O) groups excluding carboxylic acids is 1. The molecule has 128 valence electrons. The van der Waals surface area contributed by atoms with E-state index in [1.54, 1.807) is 24.6 Å². The molecule has 0 saturated heterocycles. The van der Waals surface area contributed by atoms with Crippen LogP contribution >= 0.6 is 11.3 Å². The van der Waals surface area contributed by atoms with E-state index in [4.69, 9.17) is 4.74 Å². The van der Waals surface area contributed by atoms with E-state index >= 15 is 0 Å². The SMILES string of the molecule is COc1ccc(CCC(=O)Nc2nc(-c3cccc(F)c3)cs2)cc1. The Hall–Kier alpha value is -2.73. The number of rotatable bonds is 6. The fourth-order valence-corrected chi connectivity index (χ4v) is 3.08. The number of aryl methyl sites for hydroxylation is 1. The average molecular weight is 356 g/mol. The molecule has 0 bridgehead atoms. The van der Waals surface area contributed by atoms with E-state index in [0.29, 0.717) is 29.2 Å². The van der Waals surface area contributed by atoms with Crippen LogP contribution in [0.2, 0.25) is 0 Å². The molecule has 1 amide bonds. The highest BCUT2D eigenvalue weighted by Crippen LogP contribution is 2.25. The number of anilines is 1. The van der Waals surface area contributed by atoms with Crippen LogP contribution in [0, 0.1) is 5.82 Å². The third kappa shape index (κ3) is 4.64. The summed E-state index contributed by atoms with van der Waals surface area (Å²) in [6, 6.07) is 13.9. The second-order valence-corrected chi connectivity index (χ2v) is 6.30. The van der Waals surface area contributed by atoms with Gasteiger partial charge in [0.25, 0.3) is 0 Å².